The zero-order valence-corrected chi connectivity index (χ0v) is 16.3. The second-order valence-electron chi connectivity index (χ2n) is 6.89. The first-order valence-electron chi connectivity index (χ1n) is 9.06. The highest BCUT2D eigenvalue weighted by Gasteiger charge is 2.14. The predicted octanol–water partition coefficient (Wildman–Crippen LogP) is 2.58. The molecule has 6 nitrogen and oxygen atoms in total. The highest BCUT2D eigenvalue weighted by molar-refractivity contribution is 7.92. The molecule has 144 valence electrons. The minimum atomic E-state index is -3.38. The summed E-state index contributed by atoms with van der Waals surface area (Å²) in [5.74, 6) is -0.233. The zero-order valence-electron chi connectivity index (χ0n) is 15.4. The second-order valence-corrected chi connectivity index (χ2v) is 8.64. The molecular formula is C20H25N3O3S. The van der Waals surface area contributed by atoms with Gasteiger partial charge in [-0.05, 0) is 55.3 Å². The molecule has 0 unspecified atom stereocenters. The van der Waals surface area contributed by atoms with Crippen molar-refractivity contribution in [2.75, 3.05) is 24.1 Å². The van der Waals surface area contributed by atoms with E-state index in [1.54, 1.807) is 18.2 Å². The monoisotopic (exact) mass is 387 g/mol. The summed E-state index contributed by atoms with van der Waals surface area (Å²) in [6, 6.07) is 14.6. The summed E-state index contributed by atoms with van der Waals surface area (Å²) < 4.78 is 25.1. The number of nitrogens with zero attached hydrogens (tertiary/aromatic N) is 1. The van der Waals surface area contributed by atoms with Gasteiger partial charge in [0.05, 0.1) is 6.26 Å². The summed E-state index contributed by atoms with van der Waals surface area (Å²) in [7, 11) is -3.38. The SMILES string of the molecule is CS(=O)(=O)Nc1cccc(C(=O)NCc2ccccc2CN2CCCC2)c1. The third kappa shape index (κ3) is 5.80. The number of likely N-dealkylation sites (tertiary alicyclic amines) is 1. The number of amides is 1. The molecule has 0 saturated carbocycles. The number of rotatable bonds is 7. The standard InChI is InChI=1S/C20H25N3O3S/c1-27(25,26)22-19-10-6-9-16(13-19)20(24)21-14-17-7-2-3-8-18(17)15-23-11-4-5-12-23/h2-3,6-10,13,22H,4-5,11-12,14-15H2,1H3,(H,21,24). The molecule has 1 fully saturated rings. The summed E-state index contributed by atoms with van der Waals surface area (Å²) in [5, 5.41) is 2.94. The summed E-state index contributed by atoms with van der Waals surface area (Å²) >= 11 is 0. The Labute approximate surface area is 160 Å². The molecular weight excluding hydrogens is 362 g/mol. The van der Waals surface area contributed by atoms with Crippen LogP contribution in [0.25, 0.3) is 0 Å². The van der Waals surface area contributed by atoms with Crippen LogP contribution in [0.5, 0.6) is 0 Å². The Morgan fingerprint density at radius 1 is 1.04 bits per heavy atom. The molecule has 1 aliphatic rings. The van der Waals surface area contributed by atoms with Crippen LogP contribution in [0.15, 0.2) is 48.5 Å². The van der Waals surface area contributed by atoms with Crippen molar-refractivity contribution < 1.29 is 13.2 Å². The molecule has 1 aliphatic heterocycles. The van der Waals surface area contributed by atoms with Crippen molar-refractivity contribution in [1.82, 2.24) is 10.2 Å². The number of benzene rings is 2. The minimum absolute atomic E-state index is 0.233. The fourth-order valence-electron chi connectivity index (χ4n) is 3.28. The van der Waals surface area contributed by atoms with E-state index in [0.29, 0.717) is 17.8 Å². The average Bonchev–Trinajstić information content (AvgIpc) is 3.12. The Balaban J connectivity index is 1.65. The first kappa shape index (κ1) is 19.4. The van der Waals surface area contributed by atoms with Crippen LogP contribution in [-0.2, 0) is 23.1 Å². The molecule has 7 heteroatoms. The van der Waals surface area contributed by atoms with Crippen LogP contribution in [0.4, 0.5) is 5.69 Å². The molecule has 2 aromatic carbocycles. The van der Waals surface area contributed by atoms with Crippen LogP contribution in [0, 0.1) is 0 Å². The van der Waals surface area contributed by atoms with Gasteiger partial charge in [-0.2, -0.15) is 0 Å². The lowest BCUT2D eigenvalue weighted by Crippen LogP contribution is -2.25. The molecule has 0 atom stereocenters. The highest BCUT2D eigenvalue weighted by atomic mass is 32.2. The first-order valence-corrected chi connectivity index (χ1v) is 10.9. The van der Waals surface area contributed by atoms with Crippen molar-refractivity contribution in [3.8, 4) is 0 Å². The Kier molecular flexibility index (Phi) is 6.13. The van der Waals surface area contributed by atoms with E-state index < -0.39 is 10.0 Å². The maximum Gasteiger partial charge on any atom is 0.251 e. The largest absolute Gasteiger partial charge is 0.348 e. The van der Waals surface area contributed by atoms with Gasteiger partial charge in [0.2, 0.25) is 10.0 Å². The van der Waals surface area contributed by atoms with Gasteiger partial charge in [0.1, 0.15) is 0 Å². The van der Waals surface area contributed by atoms with Crippen LogP contribution in [-0.4, -0.2) is 38.6 Å². The fourth-order valence-corrected chi connectivity index (χ4v) is 3.84. The zero-order chi connectivity index (χ0) is 19.3. The number of hydrogen-bond acceptors (Lipinski definition) is 4. The van der Waals surface area contributed by atoms with Crippen LogP contribution < -0.4 is 10.0 Å². The lowest BCUT2D eigenvalue weighted by atomic mass is 10.1. The lowest BCUT2D eigenvalue weighted by Gasteiger charge is -2.17. The van der Waals surface area contributed by atoms with Gasteiger partial charge in [-0.1, -0.05) is 30.3 Å². The molecule has 2 N–H and O–H groups in total. The third-order valence-electron chi connectivity index (χ3n) is 4.58. The summed E-state index contributed by atoms with van der Waals surface area (Å²) in [5.41, 5.74) is 3.12. The van der Waals surface area contributed by atoms with Gasteiger partial charge in [-0.15, -0.1) is 0 Å². The van der Waals surface area contributed by atoms with Gasteiger partial charge in [0, 0.05) is 24.3 Å². The van der Waals surface area contributed by atoms with E-state index in [0.717, 1.165) is 31.5 Å². The molecule has 0 spiro atoms. The Bertz CT molecular complexity index is 906. The van der Waals surface area contributed by atoms with Gasteiger partial charge in [-0.3, -0.25) is 14.4 Å². The van der Waals surface area contributed by atoms with E-state index in [1.165, 1.54) is 24.5 Å². The van der Waals surface area contributed by atoms with Crippen molar-refractivity contribution in [1.29, 1.82) is 0 Å². The molecule has 0 aliphatic carbocycles. The van der Waals surface area contributed by atoms with E-state index in [9.17, 15) is 13.2 Å². The topological polar surface area (TPSA) is 78.5 Å². The van der Waals surface area contributed by atoms with Crippen molar-refractivity contribution in [3.05, 3.63) is 65.2 Å². The van der Waals surface area contributed by atoms with Gasteiger partial charge in [0.25, 0.3) is 5.91 Å². The maximum atomic E-state index is 12.5. The molecule has 0 aromatic heterocycles. The van der Waals surface area contributed by atoms with Crippen molar-refractivity contribution >= 4 is 21.6 Å². The molecule has 2 aromatic rings. The minimum Gasteiger partial charge on any atom is -0.348 e. The number of sulfonamides is 1. The molecule has 1 saturated heterocycles. The number of anilines is 1. The Hall–Kier alpha value is -2.38. The molecule has 27 heavy (non-hydrogen) atoms. The van der Waals surface area contributed by atoms with Crippen LogP contribution in [0.1, 0.15) is 34.3 Å². The molecule has 3 rings (SSSR count). The normalized spacial score (nSPS) is 14.9. The van der Waals surface area contributed by atoms with Gasteiger partial charge < -0.3 is 5.32 Å². The molecule has 0 bridgehead atoms. The molecule has 1 heterocycles. The summed E-state index contributed by atoms with van der Waals surface area (Å²) in [6.45, 7) is 3.59. The van der Waals surface area contributed by atoms with E-state index in [1.807, 2.05) is 18.2 Å². The number of hydrogen-bond donors (Lipinski definition) is 2. The van der Waals surface area contributed by atoms with Crippen molar-refractivity contribution in [3.63, 3.8) is 0 Å². The quantitative estimate of drug-likeness (QED) is 0.765. The maximum absolute atomic E-state index is 12.5. The number of carbonyl (C=O) groups excluding carboxylic acids is 1. The van der Waals surface area contributed by atoms with E-state index in [2.05, 4.69) is 21.0 Å². The second kappa shape index (κ2) is 8.54. The van der Waals surface area contributed by atoms with Crippen molar-refractivity contribution in [2.24, 2.45) is 0 Å². The average molecular weight is 388 g/mol. The molecule has 0 radical (unpaired) electrons. The fraction of sp³-hybridized carbons (Fsp3) is 0.350. The van der Waals surface area contributed by atoms with E-state index in [-0.39, 0.29) is 5.91 Å². The van der Waals surface area contributed by atoms with E-state index >= 15 is 0 Å². The van der Waals surface area contributed by atoms with Gasteiger partial charge >= 0.3 is 0 Å². The van der Waals surface area contributed by atoms with Gasteiger partial charge in [0.15, 0.2) is 0 Å². The first-order chi connectivity index (χ1) is 12.9. The predicted molar refractivity (Wildman–Crippen MR) is 107 cm³/mol. The van der Waals surface area contributed by atoms with Crippen molar-refractivity contribution in [2.45, 2.75) is 25.9 Å². The summed E-state index contributed by atoms with van der Waals surface area (Å²) in [6.07, 6.45) is 3.57. The Morgan fingerprint density at radius 2 is 1.74 bits per heavy atom. The third-order valence-corrected chi connectivity index (χ3v) is 5.18. The number of nitrogens with one attached hydrogen (secondary N) is 2. The lowest BCUT2D eigenvalue weighted by molar-refractivity contribution is 0.0951. The van der Waals surface area contributed by atoms with Gasteiger partial charge in [-0.25, -0.2) is 8.42 Å². The summed E-state index contributed by atoms with van der Waals surface area (Å²) in [4.78, 5) is 14.9. The smallest absolute Gasteiger partial charge is 0.251 e. The van der Waals surface area contributed by atoms with Crippen LogP contribution >= 0.6 is 0 Å². The highest BCUT2D eigenvalue weighted by Crippen LogP contribution is 2.17. The van der Waals surface area contributed by atoms with E-state index in [4.69, 9.17) is 0 Å². The molecule has 1 amide bonds. The van der Waals surface area contributed by atoms with Crippen LogP contribution in [0.3, 0.4) is 0 Å². The van der Waals surface area contributed by atoms with Crippen LogP contribution in [0.2, 0.25) is 0 Å². The Morgan fingerprint density at radius 3 is 2.44 bits per heavy atom. The number of carbonyl (C=O) groups is 1.